The van der Waals surface area contributed by atoms with Crippen LogP contribution >= 0.6 is 0 Å². The smallest absolute Gasteiger partial charge is 0.269 e. The van der Waals surface area contributed by atoms with Crippen LogP contribution in [-0.2, 0) is 6.42 Å². The molecule has 0 fully saturated rings. The number of aromatic nitrogens is 3. The number of aryl methyl sites for hydroxylation is 1. The van der Waals surface area contributed by atoms with E-state index in [9.17, 15) is 9.59 Å². The van der Waals surface area contributed by atoms with Crippen LogP contribution in [0.15, 0.2) is 42.7 Å². The normalized spacial score (nSPS) is 13.0. The van der Waals surface area contributed by atoms with Gasteiger partial charge in [0.2, 0.25) is 0 Å². The zero-order valence-electron chi connectivity index (χ0n) is 13.3. The van der Waals surface area contributed by atoms with Crippen molar-refractivity contribution in [2.75, 3.05) is 0 Å². The first-order valence-electron chi connectivity index (χ1n) is 7.93. The predicted molar refractivity (Wildman–Crippen MR) is 91.9 cm³/mol. The molecular weight excluding hydrogens is 316 g/mol. The molecule has 2 aromatic heterocycles. The molecule has 2 heterocycles. The number of rotatable bonds is 4. The van der Waals surface area contributed by atoms with Crippen LogP contribution in [0.25, 0.3) is 11.3 Å². The zero-order chi connectivity index (χ0) is 17.4. The standard InChI is InChI=1S/C19H15N4O2/c20-19(25)18-17(12-5-7-21-8-6-12)22-16(23-18)10-11-1-3-14-13(9-11)2-4-15(14)24/h1,3,5-10H,2,4H2,(H2,20,25)(H,22,23). The van der Waals surface area contributed by atoms with Crippen LogP contribution in [0.2, 0.25) is 0 Å². The molecule has 25 heavy (non-hydrogen) atoms. The fourth-order valence-corrected chi connectivity index (χ4v) is 3.09. The van der Waals surface area contributed by atoms with Gasteiger partial charge < -0.3 is 10.7 Å². The molecule has 0 spiro atoms. The number of amides is 1. The Morgan fingerprint density at radius 3 is 2.72 bits per heavy atom. The lowest BCUT2D eigenvalue weighted by Gasteiger charge is -2.02. The molecule has 0 atom stereocenters. The second-order valence-corrected chi connectivity index (χ2v) is 5.93. The lowest BCUT2D eigenvalue weighted by atomic mass is 10.0. The Morgan fingerprint density at radius 2 is 1.96 bits per heavy atom. The van der Waals surface area contributed by atoms with Crippen molar-refractivity contribution in [2.45, 2.75) is 12.8 Å². The molecule has 0 aliphatic heterocycles. The van der Waals surface area contributed by atoms with Crippen molar-refractivity contribution in [1.82, 2.24) is 15.0 Å². The number of hydrogen-bond donors (Lipinski definition) is 2. The van der Waals surface area contributed by atoms with E-state index in [1.54, 1.807) is 24.5 Å². The van der Waals surface area contributed by atoms with Crippen molar-refractivity contribution in [1.29, 1.82) is 0 Å². The van der Waals surface area contributed by atoms with Crippen molar-refractivity contribution in [2.24, 2.45) is 5.73 Å². The van der Waals surface area contributed by atoms with Crippen molar-refractivity contribution in [3.63, 3.8) is 0 Å². The predicted octanol–water partition coefficient (Wildman–Crippen LogP) is 2.30. The Kier molecular flexibility index (Phi) is 3.65. The number of primary amides is 1. The molecule has 1 aliphatic carbocycles. The summed E-state index contributed by atoms with van der Waals surface area (Å²) in [6.07, 6.45) is 6.45. The molecule has 3 N–H and O–H groups in total. The van der Waals surface area contributed by atoms with E-state index >= 15 is 0 Å². The minimum Gasteiger partial charge on any atom is -0.364 e. The van der Waals surface area contributed by atoms with E-state index in [0.29, 0.717) is 17.9 Å². The summed E-state index contributed by atoms with van der Waals surface area (Å²) < 4.78 is 0. The Balaban J connectivity index is 1.68. The average Bonchev–Trinajstić information content (AvgIpc) is 3.20. The highest BCUT2D eigenvalue weighted by atomic mass is 16.1. The minimum atomic E-state index is -0.595. The maximum absolute atomic E-state index is 11.7. The van der Waals surface area contributed by atoms with Crippen molar-refractivity contribution in [3.8, 4) is 11.3 Å². The molecule has 4 rings (SSSR count). The maximum atomic E-state index is 11.7. The Morgan fingerprint density at radius 1 is 1.16 bits per heavy atom. The summed E-state index contributed by atoms with van der Waals surface area (Å²) in [7, 11) is 0. The Bertz CT molecular complexity index is 976. The second kappa shape index (κ2) is 5.98. The van der Waals surface area contributed by atoms with Gasteiger partial charge in [0, 0.05) is 29.9 Å². The van der Waals surface area contributed by atoms with Crippen LogP contribution < -0.4 is 5.73 Å². The molecule has 1 amide bonds. The number of H-pyrrole nitrogens is 1. The van der Waals surface area contributed by atoms with Gasteiger partial charge in [-0.05, 0) is 29.7 Å². The third-order valence-corrected chi connectivity index (χ3v) is 4.28. The number of carbonyl (C=O) groups is 2. The number of imidazole rings is 1. The van der Waals surface area contributed by atoms with Gasteiger partial charge in [-0.2, -0.15) is 0 Å². The number of pyridine rings is 1. The number of hydrogen-bond acceptors (Lipinski definition) is 4. The molecular formula is C19H15N4O2. The first-order valence-corrected chi connectivity index (χ1v) is 7.93. The topological polar surface area (TPSA) is 102 Å². The van der Waals surface area contributed by atoms with Gasteiger partial charge in [-0.3, -0.25) is 14.6 Å². The van der Waals surface area contributed by atoms with Crippen LogP contribution in [-0.4, -0.2) is 26.6 Å². The molecule has 6 nitrogen and oxygen atoms in total. The molecule has 0 unspecified atom stereocenters. The van der Waals surface area contributed by atoms with E-state index in [1.807, 2.05) is 24.6 Å². The second-order valence-electron chi connectivity index (χ2n) is 5.93. The number of benzene rings is 1. The molecule has 1 aromatic carbocycles. The molecule has 6 heteroatoms. The van der Waals surface area contributed by atoms with Crippen LogP contribution in [0.3, 0.4) is 0 Å². The van der Waals surface area contributed by atoms with E-state index in [1.165, 1.54) is 0 Å². The van der Waals surface area contributed by atoms with Crippen LogP contribution in [0.1, 0.15) is 44.2 Å². The van der Waals surface area contributed by atoms with Gasteiger partial charge in [-0.25, -0.2) is 4.98 Å². The number of nitrogens with one attached hydrogen (secondary N) is 1. The number of nitrogens with zero attached hydrogens (tertiary/aromatic N) is 2. The molecule has 3 aromatic rings. The molecule has 1 radical (unpaired) electrons. The largest absolute Gasteiger partial charge is 0.364 e. The maximum Gasteiger partial charge on any atom is 0.269 e. The summed E-state index contributed by atoms with van der Waals surface area (Å²) in [6.45, 7) is 0. The lowest BCUT2D eigenvalue weighted by molar-refractivity contribution is 0.0987. The molecule has 0 saturated carbocycles. The first kappa shape index (κ1) is 15.3. The number of Topliss-reactive ketones (excluding diaryl/α,β-unsaturated/α-hetero) is 1. The average molecular weight is 331 g/mol. The SMILES string of the molecule is NC(=O)c1nc([CH]c2ccc3c(c2)CCC3=O)[nH]c1-c1ccncc1. The minimum absolute atomic E-state index is 0.189. The third-order valence-electron chi connectivity index (χ3n) is 4.28. The summed E-state index contributed by atoms with van der Waals surface area (Å²) in [6, 6.07) is 9.27. The fourth-order valence-electron chi connectivity index (χ4n) is 3.09. The number of carbonyl (C=O) groups excluding carboxylic acids is 2. The Labute approximate surface area is 144 Å². The highest BCUT2D eigenvalue weighted by Gasteiger charge is 2.20. The van der Waals surface area contributed by atoms with Gasteiger partial charge in [-0.15, -0.1) is 0 Å². The van der Waals surface area contributed by atoms with Crippen LogP contribution in [0.5, 0.6) is 0 Å². The third kappa shape index (κ3) is 2.82. The van der Waals surface area contributed by atoms with Crippen LogP contribution in [0.4, 0.5) is 0 Å². The summed E-state index contributed by atoms with van der Waals surface area (Å²) in [4.78, 5) is 34.9. The van der Waals surface area contributed by atoms with E-state index in [0.717, 1.165) is 28.7 Å². The van der Waals surface area contributed by atoms with Crippen molar-refractivity contribution >= 4 is 11.7 Å². The number of aromatic amines is 1. The molecule has 0 saturated heterocycles. The number of nitrogens with two attached hydrogens (primary N) is 1. The van der Waals surface area contributed by atoms with E-state index < -0.39 is 5.91 Å². The summed E-state index contributed by atoms with van der Waals surface area (Å²) >= 11 is 0. The molecule has 0 bridgehead atoms. The van der Waals surface area contributed by atoms with Gasteiger partial charge in [0.15, 0.2) is 11.5 Å². The van der Waals surface area contributed by atoms with E-state index in [4.69, 9.17) is 5.73 Å². The molecule has 123 valence electrons. The quantitative estimate of drug-likeness (QED) is 0.766. The van der Waals surface area contributed by atoms with E-state index in [-0.39, 0.29) is 11.5 Å². The van der Waals surface area contributed by atoms with Gasteiger partial charge in [0.1, 0.15) is 5.82 Å². The number of ketones is 1. The summed E-state index contributed by atoms with van der Waals surface area (Å²) in [5.74, 6) is 0.127. The first-order chi connectivity index (χ1) is 12.1. The van der Waals surface area contributed by atoms with Crippen LogP contribution in [0, 0.1) is 6.42 Å². The van der Waals surface area contributed by atoms with Gasteiger partial charge in [0.05, 0.1) is 12.1 Å². The summed E-state index contributed by atoms with van der Waals surface area (Å²) in [5, 5.41) is 0. The lowest BCUT2D eigenvalue weighted by Crippen LogP contribution is -2.12. The highest BCUT2D eigenvalue weighted by Crippen LogP contribution is 2.26. The van der Waals surface area contributed by atoms with E-state index in [2.05, 4.69) is 15.0 Å². The summed E-state index contributed by atoms with van der Waals surface area (Å²) in [5.41, 5.74) is 9.77. The Hall–Kier alpha value is -3.28. The van der Waals surface area contributed by atoms with Gasteiger partial charge in [0.25, 0.3) is 5.91 Å². The fraction of sp³-hybridized carbons (Fsp3) is 0.105. The molecule has 1 aliphatic rings. The number of fused-ring (bicyclic) bond motifs is 1. The highest BCUT2D eigenvalue weighted by molar-refractivity contribution is 6.00. The zero-order valence-corrected chi connectivity index (χ0v) is 13.3. The monoisotopic (exact) mass is 331 g/mol. The van der Waals surface area contributed by atoms with Gasteiger partial charge >= 0.3 is 0 Å². The van der Waals surface area contributed by atoms with Crippen molar-refractivity contribution < 1.29 is 9.59 Å². The van der Waals surface area contributed by atoms with Gasteiger partial charge in [-0.1, -0.05) is 18.2 Å². The van der Waals surface area contributed by atoms with Crippen molar-refractivity contribution in [3.05, 3.63) is 77.4 Å².